The third-order valence-corrected chi connectivity index (χ3v) is 2.84. The first kappa shape index (κ1) is 15.8. The molecule has 108 valence electrons. The number of nitrogens with one attached hydrogen (secondary N) is 1. The fourth-order valence-electron chi connectivity index (χ4n) is 1.64. The Hall–Kier alpha value is -2.23. The Bertz CT molecular complexity index is 535. The normalized spacial score (nSPS) is 12.6. The maximum absolute atomic E-state index is 12.6. The van der Waals surface area contributed by atoms with Crippen molar-refractivity contribution in [2.24, 2.45) is 5.92 Å². The summed E-state index contributed by atoms with van der Waals surface area (Å²) >= 11 is 0. The van der Waals surface area contributed by atoms with Crippen LogP contribution in [0.3, 0.4) is 0 Å². The first-order valence-corrected chi connectivity index (χ1v) is 5.87. The molecular formula is C13H13F3N2O2. The van der Waals surface area contributed by atoms with Crippen molar-refractivity contribution in [2.75, 3.05) is 11.9 Å². The second kappa shape index (κ2) is 6.28. The van der Waals surface area contributed by atoms with E-state index < -0.39 is 29.2 Å². The molecule has 0 spiro atoms. The largest absolute Gasteiger partial charge is 0.481 e. The van der Waals surface area contributed by atoms with E-state index in [0.717, 1.165) is 12.1 Å². The van der Waals surface area contributed by atoms with Crippen LogP contribution in [-0.2, 0) is 11.0 Å². The molecule has 0 saturated carbocycles. The number of anilines is 1. The predicted molar refractivity (Wildman–Crippen MR) is 66.1 cm³/mol. The van der Waals surface area contributed by atoms with Crippen LogP contribution in [0.4, 0.5) is 18.9 Å². The zero-order valence-corrected chi connectivity index (χ0v) is 10.7. The molecule has 1 aromatic rings. The smallest absolute Gasteiger partial charge is 0.417 e. The molecule has 0 aromatic heterocycles. The van der Waals surface area contributed by atoms with Crippen LogP contribution in [0, 0.1) is 17.2 Å². The van der Waals surface area contributed by atoms with Crippen LogP contribution in [0.5, 0.6) is 0 Å². The Morgan fingerprint density at radius 3 is 2.60 bits per heavy atom. The average molecular weight is 286 g/mol. The van der Waals surface area contributed by atoms with Gasteiger partial charge in [-0.05, 0) is 24.6 Å². The number of carbonyl (C=O) groups is 1. The van der Waals surface area contributed by atoms with Gasteiger partial charge in [0.15, 0.2) is 0 Å². The summed E-state index contributed by atoms with van der Waals surface area (Å²) in [5.74, 6) is -1.62. The van der Waals surface area contributed by atoms with Gasteiger partial charge in [-0.1, -0.05) is 6.92 Å². The highest BCUT2D eigenvalue weighted by Crippen LogP contribution is 2.33. The predicted octanol–water partition coefficient (Wildman–Crippen LogP) is 3.10. The summed E-state index contributed by atoms with van der Waals surface area (Å²) in [5, 5.41) is 20.3. The lowest BCUT2D eigenvalue weighted by Crippen LogP contribution is -2.22. The van der Waals surface area contributed by atoms with Gasteiger partial charge >= 0.3 is 12.1 Å². The topological polar surface area (TPSA) is 73.1 Å². The van der Waals surface area contributed by atoms with Crippen molar-refractivity contribution in [3.05, 3.63) is 29.3 Å². The van der Waals surface area contributed by atoms with Gasteiger partial charge in [-0.25, -0.2) is 0 Å². The van der Waals surface area contributed by atoms with Crippen molar-refractivity contribution in [1.29, 1.82) is 5.26 Å². The van der Waals surface area contributed by atoms with Gasteiger partial charge in [0.1, 0.15) is 0 Å². The van der Waals surface area contributed by atoms with E-state index in [4.69, 9.17) is 10.4 Å². The molecule has 1 rings (SSSR count). The molecule has 1 unspecified atom stereocenters. The molecule has 1 aromatic carbocycles. The lowest BCUT2D eigenvalue weighted by Gasteiger charge is -2.14. The van der Waals surface area contributed by atoms with Crippen LogP contribution in [0.1, 0.15) is 24.5 Å². The minimum atomic E-state index is -4.59. The molecule has 0 bridgehead atoms. The van der Waals surface area contributed by atoms with Crippen LogP contribution >= 0.6 is 0 Å². The van der Waals surface area contributed by atoms with Crippen LogP contribution in [0.15, 0.2) is 18.2 Å². The molecule has 0 aliphatic rings. The summed E-state index contributed by atoms with van der Waals surface area (Å²) in [6, 6.07) is 4.54. The number of carboxylic acid groups (broad SMARTS) is 1. The summed E-state index contributed by atoms with van der Waals surface area (Å²) < 4.78 is 37.8. The van der Waals surface area contributed by atoms with E-state index in [-0.39, 0.29) is 12.2 Å². The molecule has 1 atom stereocenters. The van der Waals surface area contributed by atoms with E-state index in [9.17, 15) is 18.0 Å². The number of halogens is 3. The van der Waals surface area contributed by atoms with Gasteiger partial charge in [-0.2, -0.15) is 18.4 Å². The van der Waals surface area contributed by atoms with Gasteiger partial charge in [0.2, 0.25) is 0 Å². The van der Waals surface area contributed by atoms with Crippen molar-refractivity contribution in [1.82, 2.24) is 0 Å². The molecular weight excluding hydrogens is 273 g/mol. The first-order valence-electron chi connectivity index (χ1n) is 5.87. The van der Waals surface area contributed by atoms with Crippen molar-refractivity contribution < 1.29 is 23.1 Å². The Morgan fingerprint density at radius 2 is 2.15 bits per heavy atom. The standard InChI is InChI=1S/C13H13F3N2O2/c1-2-8(12(19)20)7-18-10-3-4-11(13(14,15)16)9(5-10)6-17/h3-5,8,18H,2,7H2,1H3,(H,19,20). The summed E-state index contributed by atoms with van der Waals surface area (Å²) in [6.45, 7) is 1.79. The lowest BCUT2D eigenvalue weighted by atomic mass is 10.1. The number of benzene rings is 1. The molecule has 0 radical (unpaired) electrons. The van der Waals surface area contributed by atoms with Crippen LogP contribution in [-0.4, -0.2) is 17.6 Å². The van der Waals surface area contributed by atoms with Crippen LogP contribution < -0.4 is 5.32 Å². The second-order valence-corrected chi connectivity index (χ2v) is 4.19. The van der Waals surface area contributed by atoms with Crippen molar-refractivity contribution in [2.45, 2.75) is 19.5 Å². The number of nitrogens with zero attached hydrogens (tertiary/aromatic N) is 1. The first-order chi connectivity index (χ1) is 9.29. The summed E-state index contributed by atoms with van der Waals surface area (Å²) in [5.41, 5.74) is -1.21. The van der Waals surface area contributed by atoms with E-state index in [1.54, 1.807) is 6.92 Å². The number of rotatable bonds is 5. The highest BCUT2D eigenvalue weighted by molar-refractivity contribution is 5.70. The van der Waals surface area contributed by atoms with E-state index in [1.807, 2.05) is 0 Å². The van der Waals surface area contributed by atoms with Gasteiger partial charge in [0.05, 0.1) is 23.1 Å². The number of alkyl halides is 3. The molecule has 0 fully saturated rings. The number of carboxylic acids is 1. The molecule has 0 saturated heterocycles. The van der Waals surface area contributed by atoms with Crippen LogP contribution in [0.25, 0.3) is 0 Å². The Balaban J connectivity index is 2.90. The maximum Gasteiger partial charge on any atom is 0.417 e. The summed E-state index contributed by atoms with van der Waals surface area (Å²) in [4.78, 5) is 10.8. The Kier molecular flexibility index (Phi) is 4.97. The average Bonchev–Trinajstić information content (AvgIpc) is 2.37. The van der Waals surface area contributed by atoms with E-state index in [0.29, 0.717) is 6.42 Å². The molecule has 4 nitrogen and oxygen atoms in total. The third-order valence-electron chi connectivity index (χ3n) is 2.84. The van der Waals surface area contributed by atoms with Crippen LogP contribution in [0.2, 0.25) is 0 Å². The molecule has 7 heteroatoms. The van der Waals surface area contributed by atoms with Gasteiger partial charge in [0.25, 0.3) is 0 Å². The highest BCUT2D eigenvalue weighted by Gasteiger charge is 2.33. The van der Waals surface area contributed by atoms with Gasteiger partial charge in [0, 0.05) is 12.2 Å². The number of hydrogen-bond donors (Lipinski definition) is 2. The molecule has 0 aliphatic carbocycles. The monoisotopic (exact) mass is 286 g/mol. The van der Waals surface area contributed by atoms with E-state index >= 15 is 0 Å². The maximum atomic E-state index is 12.6. The van der Waals surface area contributed by atoms with Crippen molar-refractivity contribution in [3.63, 3.8) is 0 Å². The van der Waals surface area contributed by atoms with E-state index in [1.165, 1.54) is 12.1 Å². The minimum absolute atomic E-state index is 0.0854. The molecule has 0 aliphatic heterocycles. The van der Waals surface area contributed by atoms with Gasteiger partial charge in [-0.3, -0.25) is 4.79 Å². The summed E-state index contributed by atoms with van der Waals surface area (Å²) in [6.07, 6.45) is -4.19. The Morgan fingerprint density at radius 1 is 1.50 bits per heavy atom. The zero-order valence-electron chi connectivity index (χ0n) is 10.7. The second-order valence-electron chi connectivity index (χ2n) is 4.19. The van der Waals surface area contributed by atoms with Gasteiger partial charge in [-0.15, -0.1) is 0 Å². The fraction of sp³-hybridized carbons (Fsp3) is 0.385. The fourth-order valence-corrected chi connectivity index (χ4v) is 1.64. The minimum Gasteiger partial charge on any atom is -0.481 e. The zero-order chi connectivity index (χ0) is 15.3. The van der Waals surface area contributed by atoms with Crippen molar-refractivity contribution in [3.8, 4) is 6.07 Å². The molecule has 0 amide bonds. The molecule has 2 N–H and O–H groups in total. The number of aliphatic carboxylic acids is 1. The summed E-state index contributed by atoms with van der Waals surface area (Å²) in [7, 11) is 0. The SMILES string of the molecule is CCC(CNc1ccc(C(F)(F)F)c(C#N)c1)C(=O)O. The van der Waals surface area contributed by atoms with E-state index in [2.05, 4.69) is 5.32 Å². The van der Waals surface area contributed by atoms with Crippen molar-refractivity contribution >= 4 is 11.7 Å². The third kappa shape index (κ3) is 3.88. The quantitative estimate of drug-likeness (QED) is 0.872. The molecule has 0 heterocycles. The number of nitriles is 1. The molecule has 20 heavy (non-hydrogen) atoms. The number of hydrogen-bond acceptors (Lipinski definition) is 3. The highest BCUT2D eigenvalue weighted by atomic mass is 19.4. The Labute approximate surface area is 113 Å². The lowest BCUT2D eigenvalue weighted by molar-refractivity contribution is -0.141. The van der Waals surface area contributed by atoms with Gasteiger partial charge < -0.3 is 10.4 Å².